The van der Waals surface area contributed by atoms with Gasteiger partial charge in [-0.25, -0.2) is 12.8 Å². The quantitative estimate of drug-likeness (QED) is 0.580. The minimum Gasteiger partial charge on any atom is -0.482 e. The molecule has 6 nitrogen and oxygen atoms in total. The molecule has 0 saturated heterocycles. The van der Waals surface area contributed by atoms with Crippen LogP contribution in [0.5, 0.6) is 5.75 Å². The zero-order valence-electron chi connectivity index (χ0n) is 14.9. The number of anilines is 2. The van der Waals surface area contributed by atoms with Gasteiger partial charge < -0.3 is 10.1 Å². The van der Waals surface area contributed by atoms with Crippen molar-refractivity contribution in [3.8, 4) is 5.75 Å². The SMILES string of the molecule is O=C(COc1ccc(S(=O)(=O)Nc2ccccc2)cc1Cl)Nc1cccc(F)c1. The van der Waals surface area contributed by atoms with E-state index in [2.05, 4.69) is 10.0 Å². The number of nitrogens with one attached hydrogen (secondary N) is 2. The molecule has 1 amide bonds. The van der Waals surface area contributed by atoms with Crippen LogP contribution in [0.3, 0.4) is 0 Å². The molecule has 3 aromatic carbocycles. The summed E-state index contributed by atoms with van der Waals surface area (Å²) in [6.07, 6.45) is 0. The highest BCUT2D eigenvalue weighted by Crippen LogP contribution is 2.28. The van der Waals surface area contributed by atoms with E-state index >= 15 is 0 Å². The minimum atomic E-state index is -3.83. The van der Waals surface area contributed by atoms with Crippen molar-refractivity contribution in [3.63, 3.8) is 0 Å². The van der Waals surface area contributed by atoms with Crippen molar-refractivity contribution in [2.75, 3.05) is 16.6 Å². The highest BCUT2D eigenvalue weighted by atomic mass is 35.5. The van der Waals surface area contributed by atoms with Gasteiger partial charge in [0.25, 0.3) is 15.9 Å². The van der Waals surface area contributed by atoms with Crippen molar-refractivity contribution in [1.82, 2.24) is 0 Å². The van der Waals surface area contributed by atoms with Gasteiger partial charge in [0.15, 0.2) is 6.61 Å². The van der Waals surface area contributed by atoms with Gasteiger partial charge in [0, 0.05) is 11.4 Å². The third kappa shape index (κ3) is 5.69. The normalized spacial score (nSPS) is 11.0. The second-order valence-corrected chi connectivity index (χ2v) is 8.00. The molecule has 3 aromatic rings. The van der Waals surface area contributed by atoms with Crippen molar-refractivity contribution in [2.45, 2.75) is 4.90 Å². The first kappa shape index (κ1) is 20.6. The molecule has 0 aromatic heterocycles. The number of para-hydroxylation sites is 1. The standard InChI is InChI=1S/C20H16ClFN2O4S/c21-18-12-17(29(26,27)24-15-6-2-1-3-7-15)9-10-19(18)28-13-20(25)23-16-8-4-5-14(22)11-16/h1-12,24H,13H2,(H,23,25). The predicted octanol–water partition coefficient (Wildman–Crippen LogP) is 4.30. The number of carbonyl (C=O) groups is 1. The Morgan fingerprint density at radius 2 is 1.69 bits per heavy atom. The number of benzene rings is 3. The highest BCUT2D eigenvalue weighted by molar-refractivity contribution is 7.92. The summed E-state index contributed by atoms with van der Waals surface area (Å²) < 4.78 is 45.8. The summed E-state index contributed by atoms with van der Waals surface area (Å²) in [6.45, 7) is -0.384. The van der Waals surface area contributed by atoms with Crippen molar-refractivity contribution < 1.29 is 22.3 Å². The average molecular weight is 435 g/mol. The van der Waals surface area contributed by atoms with E-state index in [1.165, 1.54) is 42.5 Å². The van der Waals surface area contributed by atoms with Crippen LogP contribution in [0.25, 0.3) is 0 Å². The van der Waals surface area contributed by atoms with Gasteiger partial charge in [0.1, 0.15) is 11.6 Å². The zero-order chi connectivity index (χ0) is 20.9. The first-order chi connectivity index (χ1) is 13.8. The van der Waals surface area contributed by atoms with Crippen molar-refractivity contribution in [1.29, 1.82) is 0 Å². The number of hydrogen-bond donors (Lipinski definition) is 2. The van der Waals surface area contributed by atoms with Crippen LogP contribution in [0.2, 0.25) is 5.02 Å². The van der Waals surface area contributed by atoms with E-state index in [9.17, 15) is 17.6 Å². The smallest absolute Gasteiger partial charge is 0.262 e. The van der Waals surface area contributed by atoms with E-state index in [1.807, 2.05) is 0 Å². The molecule has 0 aliphatic heterocycles. The van der Waals surface area contributed by atoms with Gasteiger partial charge in [-0.2, -0.15) is 0 Å². The predicted molar refractivity (Wildman–Crippen MR) is 109 cm³/mol. The highest BCUT2D eigenvalue weighted by Gasteiger charge is 2.17. The molecule has 29 heavy (non-hydrogen) atoms. The molecular weight excluding hydrogens is 419 g/mol. The molecule has 0 fully saturated rings. The molecule has 0 atom stereocenters. The molecule has 0 aliphatic rings. The Morgan fingerprint density at radius 3 is 2.38 bits per heavy atom. The maximum Gasteiger partial charge on any atom is 0.262 e. The van der Waals surface area contributed by atoms with Gasteiger partial charge in [-0.15, -0.1) is 0 Å². The Morgan fingerprint density at radius 1 is 0.966 bits per heavy atom. The maximum atomic E-state index is 13.1. The lowest BCUT2D eigenvalue weighted by Crippen LogP contribution is -2.20. The third-order valence-corrected chi connectivity index (χ3v) is 5.38. The minimum absolute atomic E-state index is 0.0273. The number of sulfonamides is 1. The van der Waals surface area contributed by atoms with E-state index in [1.54, 1.807) is 30.3 Å². The summed E-state index contributed by atoms with van der Waals surface area (Å²) in [5.41, 5.74) is 0.705. The van der Waals surface area contributed by atoms with Crippen molar-refractivity contribution in [3.05, 3.63) is 83.6 Å². The Kier molecular flexibility index (Phi) is 6.36. The molecule has 150 valence electrons. The second kappa shape index (κ2) is 8.93. The largest absolute Gasteiger partial charge is 0.482 e. The van der Waals surface area contributed by atoms with Crippen LogP contribution in [0.4, 0.5) is 15.8 Å². The number of halogens is 2. The molecule has 3 rings (SSSR count). The van der Waals surface area contributed by atoms with Gasteiger partial charge in [-0.3, -0.25) is 9.52 Å². The molecule has 0 radical (unpaired) electrons. The van der Waals surface area contributed by atoms with Crippen LogP contribution in [0.1, 0.15) is 0 Å². The number of amides is 1. The number of carbonyl (C=O) groups excluding carboxylic acids is 1. The summed E-state index contributed by atoms with van der Waals surface area (Å²) in [7, 11) is -3.83. The molecular formula is C20H16ClFN2O4S. The van der Waals surface area contributed by atoms with Gasteiger partial charge in [-0.1, -0.05) is 35.9 Å². The maximum absolute atomic E-state index is 13.1. The number of ether oxygens (including phenoxy) is 1. The lowest BCUT2D eigenvalue weighted by Gasteiger charge is -2.11. The van der Waals surface area contributed by atoms with Gasteiger partial charge >= 0.3 is 0 Å². The van der Waals surface area contributed by atoms with E-state index in [4.69, 9.17) is 16.3 Å². The molecule has 0 aliphatic carbocycles. The summed E-state index contributed by atoms with van der Waals surface area (Å²) in [5, 5.41) is 2.51. The fraction of sp³-hybridized carbons (Fsp3) is 0.0500. The van der Waals surface area contributed by atoms with Crippen molar-refractivity contribution >= 4 is 38.9 Å². The van der Waals surface area contributed by atoms with Crippen LogP contribution in [0, 0.1) is 5.82 Å². The van der Waals surface area contributed by atoms with Crippen LogP contribution >= 0.6 is 11.6 Å². The molecule has 2 N–H and O–H groups in total. The summed E-state index contributed by atoms with van der Waals surface area (Å²) >= 11 is 6.10. The first-order valence-electron chi connectivity index (χ1n) is 8.39. The summed E-state index contributed by atoms with van der Waals surface area (Å²) in [5.74, 6) is -0.860. The fourth-order valence-corrected chi connectivity index (χ4v) is 3.78. The average Bonchev–Trinajstić information content (AvgIpc) is 2.67. The Bertz CT molecular complexity index is 1120. The summed E-state index contributed by atoms with van der Waals surface area (Å²) in [6, 6.07) is 17.7. The van der Waals surface area contributed by atoms with Gasteiger partial charge in [0.05, 0.1) is 9.92 Å². The van der Waals surface area contributed by atoms with E-state index in [0.29, 0.717) is 5.69 Å². The monoisotopic (exact) mass is 434 g/mol. The van der Waals surface area contributed by atoms with Crippen LogP contribution in [-0.4, -0.2) is 20.9 Å². The molecule has 0 bridgehead atoms. The molecule has 0 saturated carbocycles. The summed E-state index contributed by atoms with van der Waals surface area (Å²) in [4.78, 5) is 11.9. The van der Waals surface area contributed by atoms with Crippen LogP contribution in [-0.2, 0) is 14.8 Å². The first-order valence-corrected chi connectivity index (χ1v) is 10.3. The van der Waals surface area contributed by atoms with Crippen LogP contribution in [0.15, 0.2) is 77.7 Å². The molecule has 0 unspecified atom stereocenters. The second-order valence-electron chi connectivity index (χ2n) is 5.91. The molecule has 9 heteroatoms. The Balaban J connectivity index is 1.64. The van der Waals surface area contributed by atoms with Gasteiger partial charge in [-0.05, 0) is 48.5 Å². The number of rotatable bonds is 7. The Hall–Kier alpha value is -3.10. The number of hydrogen-bond acceptors (Lipinski definition) is 4. The topological polar surface area (TPSA) is 84.5 Å². The van der Waals surface area contributed by atoms with E-state index in [0.717, 1.165) is 0 Å². The zero-order valence-corrected chi connectivity index (χ0v) is 16.5. The fourth-order valence-electron chi connectivity index (χ4n) is 2.39. The third-order valence-electron chi connectivity index (χ3n) is 3.71. The lowest BCUT2D eigenvalue weighted by atomic mass is 10.3. The Labute approximate surface area is 172 Å². The molecule has 0 heterocycles. The van der Waals surface area contributed by atoms with Gasteiger partial charge in [0.2, 0.25) is 0 Å². The molecule has 0 spiro atoms. The lowest BCUT2D eigenvalue weighted by molar-refractivity contribution is -0.118. The van der Waals surface area contributed by atoms with Crippen LogP contribution < -0.4 is 14.8 Å². The van der Waals surface area contributed by atoms with E-state index in [-0.39, 0.29) is 28.0 Å². The van der Waals surface area contributed by atoms with Crippen molar-refractivity contribution in [2.24, 2.45) is 0 Å². The van der Waals surface area contributed by atoms with E-state index < -0.39 is 21.7 Å².